The number of aryl methyl sites for hydroxylation is 1. The molecule has 0 bridgehead atoms. The van der Waals surface area contributed by atoms with Gasteiger partial charge in [0, 0.05) is 24.2 Å². The van der Waals surface area contributed by atoms with Crippen LogP contribution in [0.25, 0.3) is 0 Å². The molecular formula is C20H32N2O4. The molecule has 0 saturated carbocycles. The molecule has 1 atom stereocenters. The van der Waals surface area contributed by atoms with Crippen molar-refractivity contribution in [3.63, 3.8) is 0 Å². The van der Waals surface area contributed by atoms with Gasteiger partial charge in [-0.25, -0.2) is 4.79 Å². The molecule has 0 unspecified atom stereocenters. The molecule has 1 N–H and O–H groups in total. The molecule has 1 amide bonds. The molecular weight excluding hydrogens is 332 g/mol. The highest BCUT2D eigenvalue weighted by molar-refractivity contribution is 6.06. The maximum atomic E-state index is 13.2. The number of nitrogens with one attached hydrogen (secondary N) is 1. The number of carbonyl (C=O) groups is 3. The number of methoxy groups -OCH3 is 1. The van der Waals surface area contributed by atoms with Gasteiger partial charge in [-0.3, -0.25) is 9.59 Å². The molecule has 26 heavy (non-hydrogen) atoms. The van der Waals surface area contributed by atoms with Gasteiger partial charge in [0.05, 0.1) is 13.2 Å². The predicted molar refractivity (Wildman–Crippen MR) is 101 cm³/mol. The van der Waals surface area contributed by atoms with Crippen molar-refractivity contribution in [1.82, 2.24) is 9.88 Å². The Labute approximate surface area is 156 Å². The highest BCUT2D eigenvalue weighted by atomic mass is 16.5. The lowest BCUT2D eigenvalue weighted by Crippen LogP contribution is -2.45. The average Bonchev–Trinajstić information content (AvgIpc) is 2.84. The summed E-state index contributed by atoms with van der Waals surface area (Å²) in [7, 11) is 1.30. The zero-order valence-corrected chi connectivity index (χ0v) is 17.2. The molecule has 0 aliphatic rings. The Morgan fingerprint density at radius 3 is 2.08 bits per heavy atom. The number of amides is 1. The van der Waals surface area contributed by atoms with Gasteiger partial charge in [0.2, 0.25) is 5.91 Å². The Kier molecular flexibility index (Phi) is 7.60. The highest BCUT2D eigenvalue weighted by Crippen LogP contribution is 2.23. The number of nitrogens with zero attached hydrogens (tertiary/aromatic N) is 1. The Morgan fingerprint density at radius 1 is 1.04 bits per heavy atom. The van der Waals surface area contributed by atoms with Crippen LogP contribution in [0.15, 0.2) is 0 Å². The molecule has 6 heteroatoms. The molecule has 1 heterocycles. The predicted octanol–water partition coefficient (Wildman–Crippen LogP) is 3.52. The molecule has 6 nitrogen and oxygen atoms in total. The van der Waals surface area contributed by atoms with Gasteiger partial charge in [-0.05, 0) is 38.2 Å². The van der Waals surface area contributed by atoms with Gasteiger partial charge in [-0.1, -0.05) is 27.7 Å². The van der Waals surface area contributed by atoms with Crippen LogP contribution in [-0.2, 0) is 9.53 Å². The number of carbonyl (C=O) groups excluding carboxylic acids is 3. The molecule has 1 aromatic heterocycles. The molecule has 0 saturated heterocycles. The molecule has 146 valence electrons. The second-order valence-corrected chi connectivity index (χ2v) is 7.69. The number of hydrogen-bond acceptors (Lipinski definition) is 4. The van der Waals surface area contributed by atoms with Crippen molar-refractivity contribution in [3.8, 4) is 0 Å². The number of aromatic nitrogens is 1. The van der Waals surface area contributed by atoms with Crippen LogP contribution >= 0.6 is 0 Å². The third kappa shape index (κ3) is 4.96. The van der Waals surface area contributed by atoms with E-state index >= 15 is 0 Å². The zero-order valence-electron chi connectivity index (χ0n) is 17.2. The molecule has 1 rings (SSSR count). The Morgan fingerprint density at radius 2 is 1.62 bits per heavy atom. The van der Waals surface area contributed by atoms with Crippen LogP contribution < -0.4 is 0 Å². The Balaban J connectivity index is 3.22. The van der Waals surface area contributed by atoms with Crippen molar-refractivity contribution in [1.29, 1.82) is 0 Å². The molecule has 0 radical (unpaired) electrons. The first-order valence-electron chi connectivity index (χ1n) is 9.12. The SMILES string of the molecule is COC(=O)c1[nH]c(C)c(C(=O)[C@@H](C)N(CC(C)C)C(=O)CC(C)C)c1C. The Hall–Kier alpha value is -2.11. The number of Topliss-reactive ketones (excluding diaryl/α,β-unsaturated/α-hetero) is 1. The molecule has 1 aromatic rings. The Bertz CT molecular complexity index is 674. The first kappa shape index (κ1) is 21.9. The average molecular weight is 364 g/mol. The second kappa shape index (κ2) is 9.01. The standard InChI is InChI=1S/C20H32N2O4/c1-11(2)9-16(23)22(10-12(3)4)15(7)19(24)17-13(5)18(20(25)26-8)21-14(17)6/h11-12,15,21H,9-10H2,1-8H3/t15-/m1/s1. The first-order chi connectivity index (χ1) is 12.0. The van der Waals surface area contributed by atoms with Gasteiger partial charge in [0.15, 0.2) is 5.78 Å². The van der Waals surface area contributed by atoms with E-state index in [1.807, 2.05) is 27.7 Å². The first-order valence-corrected chi connectivity index (χ1v) is 9.12. The van der Waals surface area contributed by atoms with Crippen molar-refractivity contribution < 1.29 is 19.1 Å². The molecule has 0 aliphatic carbocycles. The van der Waals surface area contributed by atoms with Crippen LogP contribution in [0.2, 0.25) is 0 Å². The van der Waals surface area contributed by atoms with Gasteiger partial charge >= 0.3 is 5.97 Å². The lowest BCUT2D eigenvalue weighted by atomic mass is 9.98. The van der Waals surface area contributed by atoms with Gasteiger partial charge in [0.1, 0.15) is 5.69 Å². The third-order valence-corrected chi connectivity index (χ3v) is 4.39. The summed E-state index contributed by atoms with van der Waals surface area (Å²) in [6.07, 6.45) is 0.406. The second-order valence-electron chi connectivity index (χ2n) is 7.69. The van der Waals surface area contributed by atoms with E-state index in [4.69, 9.17) is 4.74 Å². The maximum absolute atomic E-state index is 13.2. The normalized spacial score (nSPS) is 12.4. The van der Waals surface area contributed by atoms with E-state index in [0.717, 1.165) is 0 Å². The van der Waals surface area contributed by atoms with Crippen molar-refractivity contribution in [3.05, 3.63) is 22.5 Å². The minimum absolute atomic E-state index is 0.0198. The fraction of sp³-hybridized carbons (Fsp3) is 0.650. The van der Waals surface area contributed by atoms with Gasteiger partial charge in [-0.2, -0.15) is 0 Å². The summed E-state index contributed by atoms with van der Waals surface area (Å²) in [4.78, 5) is 42.3. The fourth-order valence-corrected chi connectivity index (χ4v) is 3.11. The smallest absolute Gasteiger partial charge is 0.354 e. The van der Waals surface area contributed by atoms with Gasteiger partial charge in [0.25, 0.3) is 0 Å². The van der Waals surface area contributed by atoms with Crippen LogP contribution in [0.3, 0.4) is 0 Å². The van der Waals surface area contributed by atoms with Gasteiger partial charge in [-0.15, -0.1) is 0 Å². The number of H-pyrrole nitrogens is 1. The van der Waals surface area contributed by atoms with Crippen molar-refractivity contribution in [2.45, 2.75) is 60.9 Å². The van der Waals surface area contributed by atoms with E-state index in [0.29, 0.717) is 29.8 Å². The van der Waals surface area contributed by atoms with Crippen LogP contribution in [0.1, 0.15) is 73.1 Å². The lowest BCUT2D eigenvalue weighted by molar-refractivity contribution is -0.133. The van der Waals surface area contributed by atoms with Crippen LogP contribution in [-0.4, -0.2) is 47.2 Å². The number of ether oxygens (including phenoxy) is 1. The third-order valence-electron chi connectivity index (χ3n) is 4.39. The van der Waals surface area contributed by atoms with E-state index in [9.17, 15) is 14.4 Å². The largest absolute Gasteiger partial charge is 0.464 e. The lowest BCUT2D eigenvalue weighted by Gasteiger charge is -2.31. The summed E-state index contributed by atoms with van der Waals surface area (Å²) in [6.45, 7) is 13.8. The summed E-state index contributed by atoms with van der Waals surface area (Å²) >= 11 is 0. The molecule has 0 spiro atoms. The summed E-state index contributed by atoms with van der Waals surface area (Å²) in [6, 6.07) is -0.595. The van der Waals surface area contributed by atoms with Crippen molar-refractivity contribution >= 4 is 17.7 Å². The minimum Gasteiger partial charge on any atom is -0.464 e. The number of ketones is 1. The summed E-state index contributed by atoms with van der Waals surface area (Å²) in [5.74, 6) is -0.216. The van der Waals surface area contributed by atoms with Crippen molar-refractivity contribution in [2.24, 2.45) is 11.8 Å². The molecule has 0 aromatic carbocycles. The van der Waals surface area contributed by atoms with E-state index in [2.05, 4.69) is 4.98 Å². The minimum atomic E-state index is -0.595. The maximum Gasteiger partial charge on any atom is 0.354 e. The summed E-state index contributed by atoms with van der Waals surface area (Å²) in [5, 5.41) is 0. The topological polar surface area (TPSA) is 79.5 Å². The van der Waals surface area contributed by atoms with E-state index < -0.39 is 12.0 Å². The monoisotopic (exact) mass is 364 g/mol. The number of aromatic amines is 1. The number of rotatable bonds is 8. The number of hydrogen-bond donors (Lipinski definition) is 1. The van der Waals surface area contributed by atoms with E-state index in [1.165, 1.54) is 7.11 Å². The van der Waals surface area contributed by atoms with Crippen LogP contribution in [0, 0.1) is 25.7 Å². The zero-order chi connectivity index (χ0) is 20.2. The summed E-state index contributed by atoms with van der Waals surface area (Å²) < 4.78 is 4.76. The number of esters is 1. The molecule has 0 aliphatic heterocycles. The summed E-state index contributed by atoms with van der Waals surface area (Å²) in [5.41, 5.74) is 1.92. The van der Waals surface area contributed by atoms with E-state index in [1.54, 1.807) is 25.7 Å². The fourth-order valence-electron chi connectivity index (χ4n) is 3.11. The van der Waals surface area contributed by atoms with Gasteiger partial charge < -0.3 is 14.6 Å². The van der Waals surface area contributed by atoms with E-state index in [-0.39, 0.29) is 29.2 Å². The van der Waals surface area contributed by atoms with Crippen LogP contribution in [0.4, 0.5) is 0 Å². The van der Waals surface area contributed by atoms with Crippen molar-refractivity contribution in [2.75, 3.05) is 13.7 Å². The molecule has 0 fully saturated rings. The quantitative estimate of drug-likeness (QED) is 0.565. The highest BCUT2D eigenvalue weighted by Gasteiger charge is 2.31. The van der Waals surface area contributed by atoms with Crippen LogP contribution in [0.5, 0.6) is 0 Å².